The van der Waals surface area contributed by atoms with E-state index < -0.39 is 0 Å². The fourth-order valence-electron chi connectivity index (χ4n) is 3.67. The highest BCUT2D eigenvalue weighted by atomic mass is 35.5. The summed E-state index contributed by atoms with van der Waals surface area (Å²) in [5.41, 5.74) is 1.36. The quantitative estimate of drug-likeness (QED) is 0.310. The van der Waals surface area contributed by atoms with Gasteiger partial charge in [0.15, 0.2) is 17.3 Å². The molecule has 162 valence electrons. The summed E-state index contributed by atoms with van der Waals surface area (Å²) >= 11 is 12.5. The summed E-state index contributed by atoms with van der Waals surface area (Å²) < 4.78 is 17.9. The monoisotopic (exact) mass is 477 g/mol. The van der Waals surface area contributed by atoms with Crippen LogP contribution in [-0.2, 0) is 0 Å². The summed E-state index contributed by atoms with van der Waals surface area (Å²) in [6, 6.07) is 17.5. The van der Waals surface area contributed by atoms with Crippen LogP contribution >= 0.6 is 23.2 Å². The molecule has 3 aromatic carbocycles. The van der Waals surface area contributed by atoms with E-state index in [9.17, 15) is 4.79 Å². The van der Waals surface area contributed by atoms with Gasteiger partial charge < -0.3 is 13.9 Å². The number of para-hydroxylation sites is 1. The molecule has 0 unspecified atom stereocenters. The predicted molar refractivity (Wildman–Crippen MR) is 127 cm³/mol. The fourth-order valence-corrected chi connectivity index (χ4v) is 4.05. The Morgan fingerprint density at radius 2 is 1.82 bits per heavy atom. The highest BCUT2D eigenvalue weighted by molar-refractivity contribution is 6.33. The smallest absolute Gasteiger partial charge is 0.282 e. The Hall–Kier alpha value is -3.81. The standard InChI is InChI=1S/C24H13Cl2N3O4/c25-15-5-6-19-13(7-15)8-22(33-19)23-28-18-4-2-1-3-16(18)24(30)29(23)27-11-14-9-20-21(10-17(14)26)32-12-31-20/h1-11H,12H2. The molecule has 33 heavy (non-hydrogen) atoms. The number of nitrogens with zero attached hydrogens (tertiary/aromatic N) is 3. The van der Waals surface area contributed by atoms with Crippen molar-refractivity contribution in [3.8, 4) is 23.1 Å². The van der Waals surface area contributed by atoms with Crippen molar-refractivity contribution in [2.24, 2.45) is 5.10 Å². The molecule has 0 saturated carbocycles. The van der Waals surface area contributed by atoms with E-state index in [-0.39, 0.29) is 18.2 Å². The average molecular weight is 478 g/mol. The van der Waals surface area contributed by atoms with E-state index in [0.29, 0.717) is 49.4 Å². The Morgan fingerprint density at radius 3 is 2.70 bits per heavy atom. The molecule has 0 radical (unpaired) electrons. The van der Waals surface area contributed by atoms with E-state index in [1.54, 1.807) is 54.6 Å². The maximum atomic E-state index is 13.4. The number of hydrogen-bond donors (Lipinski definition) is 0. The van der Waals surface area contributed by atoms with Gasteiger partial charge in [0.2, 0.25) is 12.6 Å². The van der Waals surface area contributed by atoms with Gasteiger partial charge in [0.25, 0.3) is 5.56 Å². The van der Waals surface area contributed by atoms with Gasteiger partial charge >= 0.3 is 0 Å². The van der Waals surface area contributed by atoms with Crippen LogP contribution in [0.2, 0.25) is 10.0 Å². The van der Waals surface area contributed by atoms with Crippen LogP contribution in [0.4, 0.5) is 0 Å². The predicted octanol–water partition coefficient (Wildman–Crippen LogP) is 5.73. The van der Waals surface area contributed by atoms with Crippen LogP contribution in [0, 0.1) is 0 Å². The second-order valence-electron chi connectivity index (χ2n) is 7.33. The van der Waals surface area contributed by atoms with Crippen LogP contribution in [-0.4, -0.2) is 22.7 Å². The molecular formula is C24H13Cl2N3O4. The van der Waals surface area contributed by atoms with E-state index >= 15 is 0 Å². The first-order valence-electron chi connectivity index (χ1n) is 9.91. The summed E-state index contributed by atoms with van der Waals surface area (Å²) in [7, 11) is 0. The minimum absolute atomic E-state index is 0.126. The normalized spacial score (nSPS) is 12.9. The van der Waals surface area contributed by atoms with Crippen LogP contribution < -0.4 is 15.0 Å². The number of aromatic nitrogens is 2. The van der Waals surface area contributed by atoms with Crippen molar-refractivity contribution < 1.29 is 13.9 Å². The molecule has 0 saturated heterocycles. The van der Waals surface area contributed by atoms with E-state index in [1.807, 2.05) is 6.07 Å². The Balaban J connectivity index is 1.55. The first-order chi connectivity index (χ1) is 16.1. The van der Waals surface area contributed by atoms with E-state index in [0.717, 1.165) is 5.39 Å². The van der Waals surface area contributed by atoms with Crippen LogP contribution in [0.25, 0.3) is 33.5 Å². The SMILES string of the molecule is O=c1c2ccccc2nc(-c2cc3cc(Cl)ccc3o2)n1N=Cc1cc2c(cc1Cl)OCO2. The second kappa shape index (κ2) is 7.65. The summed E-state index contributed by atoms with van der Waals surface area (Å²) in [5, 5.41) is 6.62. The lowest BCUT2D eigenvalue weighted by Gasteiger charge is -2.07. The Bertz CT molecular complexity index is 1660. The lowest BCUT2D eigenvalue weighted by atomic mass is 10.2. The zero-order chi connectivity index (χ0) is 22.5. The molecule has 0 N–H and O–H groups in total. The molecule has 9 heteroatoms. The van der Waals surface area contributed by atoms with Gasteiger partial charge in [-0.1, -0.05) is 35.3 Å². The summed E-state index contributed by atoms with van der Waals surface area (Å²) in [5.74, 6) is 1.74. The van der Waals surface area contributed by atoms with Crippen molar-refractivity contribution in [2.75, 3.05) is 6.79 Å². The molecule has 6 rings (SSSR count). The molecule has 0 bridgehead atoms. The maximum absolute atomic E-state index is 13.4. The molecule has 7 nitrogen and oxygen atoms in total. The minimum Gasteiger partial charge on any atom is -0.454 e. The summed E-state index contributed by atoms with van der Waals surface area (Å²) in [6.45, 7) is 0.126. The van der Waals surface area contributed by atoms with Crippen molar-refractivity contribution in [2.45, 2.75) is 0 Å². The number of ether oxygens (including phenoxy) is 2. The van der Waals surface area contributed by atoms with Crippen LogP contribution in [0.5, 0.6) is 11.5 Å². The van der Waals surface area contributed by atoms with Gasteiger partial charge in [0.05, 0.1) is 22.1 Å². The Morgan fingerprint density at radius 1 is 1.00 bits per heavy atom. The molecule has 0 fully saturated rings. The number of halogens is 2. The molecule has 1 aliphatic heterocycles. The van der Waals surface area contributed by atoms with Crippen LogP contribution in [0.3, 0.4) is 0 Å². The van der Waals surface area contributed by atoms with Crippen molar-refractivity contribution >= 4 is 51.3 Å². The molecule has 0 aliphatic carbocycles. The van der Waals surface area contributed by atoms with Gasteiger partial charge in [-0.25, -0.2) is 4.98 Å². The van der Waals surface area contributed by atoms with Crippen molar-refractivity contribution in [3.05, 3.63) is 86.6 Å². The van der Waals surface area contributed by atoms with Crippen molar-refractivity contribution in [1.29, 1.82) is 0 Å². The van der Waals surface area contributed by atoms with Gasteiger partial charge in [0, 0.05) is 22.0 Å². The number of hydrogen-bond acceptors (Lipinski definition) is 6. The fraction of sp³-hybridized carbons (Fsp3) is 0.0417. The van der Waals surface area contributed by atoms with Gasteiger partial charge in [0.1, 0.15) is 5.58 Å². The lowest BCUT2D eigenvalue weighted by molar-refractivity contribution is 0.174. The third-order valence-electron chi connectivity index (χ3n) is 5.26. The number of fused-ring (bicyclic) bond motifs is 3. The largest absolute Gasteiger partial charge is 0.454 e. The van der Waals surface area contributed by atoms with Crippen molar-refractivity contribution in [3.63, 3.8) is 0 Å². The van der Waals surface area contributed by atoms with Gasteiger partial charge in [-0.2, -0.15) is 9.78 Å². The molecule has 0 spiro atoms. The van der Waals surface area contributed by atoms with Crippen molar-refractivity contribution in [1.82, 2.24) is 9.66 Å². The molecular weight excluding hydrogens is 465 g/mol. The minimum atomic E-state index is -0.345. The van der Waals surface area contributed by atoms with E-state index in [4.69, 9.17) is 37.1 Å². The van der Waals surface area contributed by atoms with E-state index in [1.165, 1.54) is 10.9 Å². The highest BCUT2D eigenvalue weighted by Crippen LogP contribution is 2.36. The molecule has 5 aromatic rings. The molecule has 2 aromatic heterocycles. The Labute approximate surface area is 196 Å². The first-order valence-corrected chi connectivity index (χ1v) is 10.7. The molecule has 3 heterocycles. The zero-order valence-corrected chi connectivity index (χ0v) is 18.3. The van der Waals surface area contributed by atoms with Crippen LogP contribution in [0.1, 0.15) is 5.56 Å². The number of furan rings is 1. The summed E-state index contributed by atoms with van der Waals surface area (Å²) in [6.07, 6.45) is 1.48. The molecule has 0 amide bonds. The average Bonchev–Trinajstić information content (AvgIpc) is 3.44. The summed E-state index contributed by atoms with van der Waals surface area (Å²) in [4.78, 5) is 18.0. The van der Waals surface area contributed by atoms with E-state index in [2.05, 4.69) is 10.1 Å². The maximum Gasteiger partial charge on any atom is 0.282 e. The second-order valence-corrected chi connectivity index (χ2v) is 8.18. The third kappa shape index (κ3) is 3.42. The third-order valence-corrected chi connectivity index (χ3v) is 5.82. The van der Waals surface area contributed by atoms with Crippen LogP contribution in [0.15, 0.2) is 75.0 Å². The lowest BCUT2D eigenvalue weighted by Crippen LogP contribution is -2.20. The Kier molecular flexibility index (Phi) is 4.60. The van der Waals surface area contributed by atoms with Gasteiger partial charge in [-0.05, 0) is 42.5 Å². The first kappa shape index (κ1) is 19.8. The van der Waals surface area contributed by atoms with Gasteiger partial charge in [-0.3, -0.25) is 4.79 Å². The van der Waals surface area contributed by atoms with Gasteiger partial charge in [-0.15, -0.1) is 0 Å². The molecule has 1 aliphatic rings. The highest BCUT2D eigenvalue weighted by Gasteiger charge is 2.18. The topological polar surface area (TPSA) is 78.9 Å². The number of benzene rings is 3. The molecule has 0 atom stereocenters. The zero-order valence-electron chi connectivity index (χ0n) is 16.8. The number of rotatable bonds is 3.